The van der Waals surface area contributed by atoms with Crippen LogP contribution in [0, 0.1) is 0 Å². The summed E-state index contributed by atoms with van der Waals surface area (Å²) in [6.07, 6.45) is 0.457. The lowest BCUT2D eigenvalue weighted by Gasteiger charge is -2.08. The molecule has 0 fully saturated rings. The van der Waals surface area contributed by atoms with Gasteiger partial charge in [0.25, 0.3) is 0 Å². The molecule has 72 valence electrons. The molecule has 0 heterocycles. The molecule has 0 saturated heterocycles. The lowest BCUT2D eigenvalue weighted by atomic mass is 10.3. The fraction of sp³-hybridized carbons (Fsp3) is 0.875. The summed E-state index contributed by atoms with van der Waals surface area (Å²) in [4.78, 5) is 15.9. The number of hydroxylamine groups is 1. The molecule has 0 aromatic heterocycles. The van der Waals surface area contributed by atoms with Gasteiger partial charge < -0.3 is 10.2 Å². The van der Waals surface area contributed by atoms with Gasteiger partial charge in [-0.3, -0.25) is 4.79 Å². The summed E-state index contributed by atoms with van der Waals surface area (Å²) in [5.74, 6) is 0.0530. The highest BCUT2D eigenvalue weighted by molar-refractivity contribution is 5.76. The van der Waals surface area contributed by atoms with Crippen LogP contribution in [0.1, 0.15) is 27.2 Å². The molecule has 1 amide bonds. The summed E-state index contributed by atoms with van der Waals surface area (Å²) in [5.41, 5.74) is 2.68. The van der Waals surface area contributed by atoms with Crippen molar-refractivity contribution in [2.75, 3.05) is 13.2 Å². The molecule has 4 nitrogen and oxygen atoms in total. The van der Waals surface area contributed by atoms with Gasteiger partial charge in [0.1, 0.15) is 0 Å². The molecule has 0 saturated carbocycles. The number of nitrogens with one attached hydrogen (secondary N) is 2. The first-order valence-electron chi connectivity index (χ1n) is 4.30. The van der Waals surface area contributed by atoms with E-state index in [0.717, 1.165) is 0 Å². The Morgan fingerprint density at radius 2 is 2.17 bits per heavy atom. The van der Waals surface area contributed by atoms with Gasteiger partial charge in [-0.05, 0) is 20.8 Å². The summed E-state index contributed by atoms with van der Waals surface area (Å²) in [6, 6.07) is 0.213. The Morgan fingerprint density at radius 1 is 1.50 bits per heavy atom. The van der Waals surface area contributed by atoms with Gasteiger partial charge in [0, 0.05) is 19.0 Å². The van der Waals surface area contributed by atoms with Crippen LogP contribution in [0.2, 0.25) is 0 Å². The number of hydrogen-bond acceptors (Lipinski definition) is 3. The van der Waals surface area contributed by atoms with E-state index < -0.39 is 0 Å². The van der Waals surface area contributed by atoms with Gasteiger partial charge in [-0.2, -0.15) is 0 Å². The van der Waals surface area contributed by atoms with E-state index in [2.05, 4.69) is 10.8 Å². The summed E-state index contributed by atoms with van der Waals surface area (Å²) in [6.45, 7) is 6.95. The van der Waals surface area contributed by atoms with Gasteiger partial charge in [-0.1, -0.05) is 0 Å². The first-order chi connectivity index (χ1) is 5.66. The van der Waals surface area contributed by atoms with Gasteiger partial charge in [-0.15, -0.1) is 0 Å². The van der Waals surface area contributed by atoms with Crippen molar-refractivity contribution in [3.05, 3.63) is 0 Å². The second-order valence-electron chi connectivity index (χ2n) is 2.80. The molecule has 0 spiro atoms. The Morgan fingerprint density at radius 3 is 2.67 bits per heavy atom. The minimum Gasteiger partial charge on any atom is -0.354 e. The molecule has 0 aliphatic rings. The van der Waals surface area contributed by atoms with E-state index in [1.165, 1.54) is 0 Å². The minimum absolute atomic E-state index is 0.0530. The van der Waals surface area contributed by atoms with Crippen molar-refractivity contribution in [2.24, 2.45) is 0 Å². The minimum atomic E-state index is 0.0530. The Kier molecular flexibility index (Phi) is 6.70. The topological polar surface area (TPSA) is 50.4 Å². The van der Waals surface area contributed by atoms with Crippen LogP contribution >= 0.6 is 0 Å². The van der Waals surface area contributed by atoms with Crippen LogP contribution in [-0.2, 0) is 9.63 Å². The number of amides is 1. The van der Waals surface area contributed by atoms with E-state index in [0.29, 0.717) is 19.6 Å². The van der Waals surface area contributed by atoms with E-state index in [1.54, 1.807) is 0 Å². The normalized spacial score (nSPS) is 10.3. The first-order valence-corrected chi connectivity index (χ1v) is 4.30. The molecule has 4 heteroatoms. The zero-order chi connectivity index (χ0) is 9.40. The van der Waals surface area contributed by atoms with E-state index in [4.69, 9.17) is 4.84 Å². The van der Waals surface area contributed by atoms with Crippen LogP contribution in [-0.4, -0.2) is 25.1 Å². The molecule has 0 aromatic carbocycles. The Balaban J connectivity index is 3.20. The molecule has 0 aliphatic carbocycles. The van der Waals surface area contributed by atoms with Gasteiger partial charge in [0.05, 0.1) is 6.61 Å². The van der Waals surface area contributed by atoms with E-state index in [1.807, 2.05) is 20.8 Å². The smallest absolute Gasteiger partial charge is 0.221 e. The molecule has 0 atom stereocenters. The van der Waals surface area contributed by atoms with Crippen molar-refractivity contribution in [3.63, 3.8) is 0 Å². The fourth-order valence-corrected chi connectivity index (χ4v) is 0.733. The summed E-state index contributed by atoms with van der Waals surface area (Å²) >= 11 is 0. The monoisotopic (exact) mass is 174 g/mol. The van der Waals surface area contributed by atoms with Gasteiger partial charge in [-0.25, -0.2) is 5.48 Å². The third-order valence-electron chi connectivity index (χ3n) is 1.15. The Labute approximate surface area is 73.6 Å². The third-order valence-corrected chi connectivity index (χ3v) is 1.15. The van der Waals surface area contributed by atoms with Crippen molar-refractivity contribution in [2.45, 2.75) is 33.2 Å². The van der Waals surface area contributed by atoms with Crippen molar-refractivity contribution in [3.8, 4) is 0 Å². The van der Waals surface area contributed by atoms with Gasteiger partial charge in [0.15, 0.2) is 0 Å². The molecule has 0 bridgehead atoms. The first kappa shape index (κ1) is 11.4. The zero-order valence-electron chi connectivity index (χ0n) is 8.02. The molecular weight excluding hydrogens is 156 g/mol. The van der Waals surface area contributed by atoms with Crippen LogP contribution in [0.25, 0.3) is 0 Å². The molecule has 2 N–H and O–H groups in total. The summed E-state index contributed by atoms with van der Waals surface area (Å²) in [7, 11) is 0. The lowest BCUT2D eigenvalue weighted by Crippen LogP contribution is -2.32. The van der Waals surface area contributed by atoms with E-state index >= 15 is 0 Å². The van der Waals surface area contributed by atoms with Gasteiger partial charge >= 0.3 is 0 Å². The predicted molar refractivity (Wildman–Crippen MR) is 47.5 cm³/mol. The van der Waals surface area contributed by atoms with Crippen LogP contribution in [0.3, 0.4) is 0 Å². The maximum absolute atomic E-state index is 11.0. The van der Waals surface area contributed by atoms with Crippen molar-refractivity contribution >= 4 is 5.91 Å². The Bertz CT molecular complexity index is 126. The highest BCUT2D eigenvalue weighted by Crippen LogP contribution is 1.81. The second-order valence-corrected chi connectivity index (χ2v) is 2.80. The Hall–Kier alpha value is -0.610. The van der Waals surface area contributed by atoms with Gasteiger partial charge in [0.2, 0.25) is 5.91 Å². The number of hydrogen-bond donors (Lipinski definition) is 2. The van der Waals surface area contributed by atoms with E-state index in [-0.39, 0.29) is 11.9 Å². The summed E-state index contributed by atoms with van der Waals surface area (Å²) < 4.78 is 0. The molecule has 0 rings (SSSR count). The lowest BCUT2D eigenvalue weighted by molar-refractivity contribution is -0.122. The second kappa shape index (κ2) is 7.06. The molecule has 0 unspecified atom stereocenters. The maximum Gasteiger partial charge on any atom is 0.221 e. The molecule has 0 radical (unpaired) electrons. The number of rotatable bonds is 6. The zero-order valence-corrected chi connectivity index (χ0v) is 8.02. The van der Waals surface area contributed by atoms with Crippen LogP contribution in [0.15, 0.2) is 0 Å². The maximum atomic E-state index is 11.0. The van der Waals surface area contributed by atoms with E-state index in [9.17, 15) is 4.79 Å². The average molecular weight is 174 g/mol. The van der Waals surface area contributed by atoms with Crippen LogP contribution in [0.4, 0.5) is 0 Å². The van der Waals surface area contributed by atoms with Crippen LogP contribution in [0.5, 0.6) is 0 Å². The SMILES string of the molecule is CCONCCC(=O)NC(C)C. The highest BCUT2D eigenvalue weighted by atomic mass is 16.6. The third kappa shape index (κ3) is 7.50. The average Bonchev–Trinajstić information content (AvgIpc) is 1.97. The van der Waals surface area contributed by atoms with Crippen molar-refractivity contribution < 1.29 is 9.63 Å². The van der Waals surface area contributed by atoms with Crippen molar-refractivity contribution in [1.82, 2.24) is 10.8 Å². The number of carbonyl (C=O) groups excluding carboxylic acids is 1. The fourth-order valence-electron chi connectivity index (χ4n) is 0.733. The van der Waals surface area contributed by atoms with Crippen LogP contribution < -0.4 is 10.8 Å². The highest BCUT2D eigenvalue weighted by Gasteiger charge is 2.01. The molecule has 12 heavy (non-hydrogen) atoms. The summed E-state index contributed by atoms with van der Waals surface area (Å²) in [5, 5.41) is 2.79. The molecular formula is C8H18N2O2. The molecule has 0 aliphatic heterocycles. The quantitative estimate of drug-likeness (QED) is 0.454. The van der Waals surface area contributed by atoms with Crippen molar-refractivity contribution in [1.29, 1.82) is 0 Å². The standard InChI is InChI=1S/C8H18N2O2/c1-4-12-9-6-5-8(11)10-7(2)3/h7,9H,4-6H2,1-3H3,(H,10,11). The number of carbonyl (C=O) groups is 1. The molecule has 0 aromatic rings. The largest absolute Gasteiger partial charge is 0.354 e. The predicted octanol–water partition coefficient (Wildman–Crippen LogP) is 0.442.